The number of ether oxygens (including phenoxy) is 5. The molecule has 0 saturated carbocycles. The van der Waals surface area contributed by atoms with Gasteiger partial charge in [0.15, 0.2) is 11.6 Å². The molecular formula is C20H25NO11S. The predicted molar refractivity (Wildman–Crippen MR) is 108 cm³/mol. The number of aromatic carboxylic acids is 1. The van der Waals surface area contributed by atoms with Gasteiger partial charge in [-0.15, -0.1) is 0 Å². The average molecular weight is 487 g/mol. The number of benzene rings is 1. The lowest BCUT2D eigenvalue weighted by Gasteiger charge is -2.40. The summed E-state index contributed by atoms with van der Waals surface area (Å²) in [6.07, 6.45) is -1.95. The summed E-state index contributed by atoms with van der Waals surface area (Å²) in [6, 6.07) is 5.18. The minimum atomic E-state index is -4.68. The van der Waals surface area contributed by atoms with Crippen LogP contribution in [-0.2, 0) is 38.2 Å². The smallest absolute Gasteiger partial charge is 0.362 e. The molecule has 1 aromatic rings. The van der Waals surface area contributed by atoms with Crippen LogP contribution in [0.5, 0.6) is 0 Å². The summed E-state index contributed by atoms with van der Waals surface area (Å²) in [6.45, 7) is 6.11. The summed E-state index contributed by atoms with van der Waals surface area (Å²) in [5, 5.41) is 9.22. The van der Waals surface area contributed by atoms with Gasteiger partial charge < -0.3 is 28.8 Å². The second-order valence-electron chi connectivity index (χ2n) is 8.80. The lowest BCUT2D eigenvalue weighted by molar-refractivity contribution is -0.290. The van der Waals surface area contributed by atoms with Crippen LogP contribution in [0.3, 0.4) is 0 Å². The second kappa shape index (κ2) is 7.98. The highest BCUT2D eigenvalue weighted by molar-refractivity contribution is 7.85. The Balaban J connectivity index is 1.50. The van der Waals surface area contributed by atoms with E-state index in [0.29, 0.717) is 0 Å². The fourth-order valence-electron chi connectivity index (χ4n) is 4.17. The van der Waals surface area contributed by atoms with E-state index >= 15 is 0 Å². The lowest BCUT2D eigenvalue weighted by atomic mass is 9.98. The number of nitrogens with one attached hydrogen (secondary N) is 1. The maximum atomic E-state index is 12.5. The minimum Gasteiger partial charge on any atom is -0.478 e. The van der Waals surface area contributed by atoms with Gasteiger partial charge in [-0.2, -0.15) is 8.42 Å². The van der Waals surface area contributed by atoms with Crippen molar-refractivity contribution in [3.05, 3.63) is 35.4 Å². The number of carbonyl (C=O) groups excluding carboxylic acids is 1. The van der Waals surface area contributed by atoms with Crippen LogP contribution < -0.4 is 4.72 Å². The third-order valence-corrected chi connectivity index (χ3v) is 6.17. The first-order valence-electron chi connectivity index (χ1n) is 10.1. The zero-order valence-electron chi connectivity index (χ0n) is 18.4. The standard InChI is InChI=1S/C20H25NO11S/c1-18(2)29-13-9-27-20(15(14(13)30-18)31-19(3,4)32-20)10-28-33(25,26)21-16(22)11-7-5-6-8-12(11)17(23)24/h5-8,13-15H,9-10H2,1-4H3,(H,21,22)(H,23,24)/t13-,14-,15+,20+/m1/s1. The Bertz CT molecular complexity index is 1070. The van der Waals surface area contributed by atoms with Gasteiger partial charge >= 0.3 is 16.3 Å². The topological polar surface area (TPSA) is 156 Å². The Kier molecular flexibility index (Phi) is 5.80. The number of amides is 1. The van der Waals surface area contributed by atoms with E-state index < -0.39 is 64.5 Å². The van der Waals surface area contributed by atoms with E-state index in [4.69, 9.17) is 27.9 Å². The van der Waals surface area contributed by atoms with Crippen LogP contribution in [0.15, 0.2) is 24.3 Å². The van der Waals surface area contributed by atoms with Crippen molar-refractivity contribution in [2.24, 2.45) is 0 Å². The van der Waals surface area contributed by atoms with Crippen molar-refractivity contribution in [3.63, 3.8) is 0 Å². The third-order valence-electron chi connectivity index (χ3n) is 5.31. The summed E-state index contributed by atoms with van der Waals surface area (Å²) >= 11 is 0. The van der Waals surface area contributed by atoms with Crippen molar-refractivity contribution >= 4 is 22.2 Å². The zero-order chi connectivity index (χ0) is 24.2. The monoisotopic (exact) mass is 487 g/mol. The first kappa shape index (κ1) is 24.0. The zero-order valence-corrected chi connectivity index (χ0v) is 19.2. The molecule has 3 fully saturated rings. The molecule has 182 valence electrons. The largest absolute Gasteiger partial charge is 0.478 e. The average Bonchev–Trinajstić information content (AvgIpc) is 3.17. The molecule has 3 aliphatic heterocycles. The van der Waals surface area contributed by atoms with E-state index in [1.165, 1.54) is 24.3 Å². The Morgan fingerprint density at radius 2 is 1.76 bits per heavy atom. The summed E-state index contributed by atoms with van der Waals surface area (Å²) in [5.41, 5.74) is -0.703. The Hall–Kier alpha value is -2.13. The van der Waals surface area contributed by atoms with Gasteiger partial charge in [0.05, 0.1) is 17.7 Å². The first-order valence-corrected chi connectivity index (χ1v) is 11.5. The fourth-order valence-corrected chi connectivity index (χ4v) is 4.89. The molecular weight excluding hydrogens is 462 g/mol. The van der Waals surface area contributed by atoms with Gasteiger partial charge in [-0.05, 0) is 39.8 Å². The molecule has 3 aliphatic rings. The highest BCUT2D eigenvalue weighted by atomic mass is 32.2. The van der Waals surface area contributed by atoms with Crippen molar-refractivity contribution < 1.29 is 51.0 Å². The van der Waals surface area contributed by atoms with Gasteiger partial charge in [0.2, 0.25) is 5.79 Å². The molecule has 33 heavy (non-hydrogen) atoms. The molecule has 1 amide bonds. The van der Waals surface area contributed by atoms with Crippen LogP contribution >= 0.6 is 0 Å². The number of hydrogen-bond donors (Lipinski definition) is 2. The minimum absolute atomic E-state index is 0.0335. The number of carbonyl (C=O) groups is 2. The molecule has 0 radical (unpaired) electrons. The van der Waals surface area contributed by atoms with E-state index in [0.717, 1.165) is 0 Å². The van der Waals surface area contributed by atoms with E-state index in [9.17, 15) is 23.1 Å². The van der Waals surface area contributed by atoms with E-state index in [1.807, 2.05) is 0 Å². The van der Waals surface area contributed by atoms with Crippen LogP contribution in [-0.4, -0.2) is 74.3 Å². The summed E-state index contributed by atoms with van der Waals surface area (Å²) < 4.78 is 61.2. The number of carboxylic acids is 1. The van der Waals surface area contributed by atoms with Gasteiger partial charge in [0.1, 0.15) is 24.9 Å². The Morgan fingerprint density at radius 1 is 1.09 bits per heavy atom. The van der Waals surface area contributed by atoms with Crippen molar-refractivity contribution in [3.8, 4) is 0 Å². The van der Waals surface area contributed by atoms with E-state index in [1.54, 1.807) is 32.4 Å². The number of carboxylic acid groups (broad SMARTS) is 1. The molecule has 4 rings (SSSR count). The van der Waals surface area contributed by atoms with Crippen molar-refractivity contribution in [2.75, 3.05) is 13.2 Å². The molecule has 1 aromatic carbocycles. The normalized spacial score (nSPS) is 32.1. The first-order chi connectivity index (χ1) is 15.2. The maximum Gasteiger partial charge on any atom is 0.362 e. The summed E-state index contributed by atoms with van der Waals surface area (Å²) in [5.74, 6) is -6.24. The molecule has 0 aliphatic carbocycles. The molecule has 3 saturated heterocycles. The molecule has 3 heterocycles. The van der Waals surface area contributed by atoms with Crippen LogP contribution in [0.2, 0.25) is 0 Å². The highest BCUT2D eigenvalue weighted by Crippen LogP contribution is 2.47. The molecule has 0 aromatic heterocycles. The van der Waals surface area contributed by atoms with Gasteiger partial charge in [-0.3, -0.25) is 4.79 Å². The Morgan fingerprint density at radius 3 is 2.42 bits per heavy atom. The van der Waals surface area contributed by atoms with E-state index in [-0.39, 0.29) is 17.7 Å². The van der Waals surface area contributed by atoms with Crippen LogP contribution in [0.4, 0.5) is 0 Å². The molecule has 4 atom stereocenters. The molecule has 0 unspecified atom stereocenters. The van der Waals surface area contributed by atoms with Gasteiger partial charge in [0, 0.05) is 0 Å². The van der Waals surface area contributed by atoms with Crippen molar-refractivity contribution in [2.45, 2.75) is 63.4 Å². The molecule has 2 N–H and O–H groups in total. The maximum absolute atomic E-state index is 12.5. The number of hydrogen-bond acceptors (Lipinski definition) is 10. The highest BCUT2D eigenvalue weighted by Gasteiger charge is 2.65. The lowest BCUT2D eigenvalue weighted by Crippen LogP contribution is -2.60. The predicted octanol–water partition coefficient (Wildman–Crippen LogP) is 0.774. The number of rotatable bonds is 6. The van der Waals surface area contributed by atoms with Crippen molar-refractivity contribution in [1.82, 2.24) is 4.72 Å². The fraction of sp³-hybridized carbons (Fsp3) is 0.600. The molecule has 0 bridgehead atoms. The Labute approximate surface area is 190 Å². The molecule has 0 spiro atoms. The van der Waals surface area contributed by atoms with Crippen LogP contribution in [0.25, 0.3) is 0 Å². The quantitative estimate of drug-likeness (QED) is 0.584. The van der Waals surface area contributed by atoms with Crippen LogP contribution in [0, 0.1) is 0 Å². The van der Waals surface area contributed by atoms with Gasteiger partial charge in [-0.1, -0.05) is 12.1 Å². The third kappa shape index (κ3) is 4.75. The molecule has 13 heteroatoms. The second-order valence-corrected chi connectivity index (χ2v) is 10.1. The molecule has 12 nitrogen and oxygen atoms in total. The SMILES string of the molecule is CC1(C)O[C@@H]2[C@@H](CO[C@@]3(COS(=O)(=O)NC(=O)c4ccccc4C(=O)O)OC(C)(C)O[C@@H]23)O1. The summed E-state index contributed by atoms with van der Waals surface area (Å²) in [7, 11) is -4.68. The summed E-state index contributed by atoms with van der Waals surface area (Å²) in [4.78, 5) is 23.7. The number of fused-ring (bicyclic) bond motifs is 3. The van der Waals surface area contributed by atoms with Gasteiger partial charge in [-0.25, -0.2) is 13.7 Å². The van der Waals surface area contributed by atoms with Crippen LogP contribution in [0.1, 0.15) is 48.4 Å². The van der Waals surface area contributed by atoms with Crippen molar-refractivity contribution in [1.29, 1.82) is 0 Å². The van der Waals surface area contributed by atoms with E-state index in [2.05, 4.69) is 0 Å². The van der Waals surface area contributed by atoms with Gasteiger partial charge in [0.25, 0.3) is 5.91 Å².